The van der Waals surface area contributed by atoms with Crippen LogP contribution in [0.25, 0.3) is 0 Å². The van der Waals surface area contributed by atoms with Gasteiger partial charge in [-0.1, -0.05) is 80.2 Å². The molecule has 0 N–H and O–H groups in total. The summed E-state index contributed by atoms with van der Waals surface area (Å²) in [6.45, 7) is 12.7. The van der Waals surface area contributed by atoms with Crippen LogP contribution in [-0.2, 0) is 0 Å². The van der Waals surface area contributed by atoms with Crippen LogP contribution in [0.4, 0.5) is 0 Å². The zero-order chi connectivity index (χ0) is 14.3. The van der Waals surface area contributed by atoms with E-state index in [1.807, 2.05) is 18.2 Å². The molecule has 0 heterocycles. The molecule has 0 atom stereocenters. The van der Waals surface area contributed by atoms with Gasteiger partial charge in [0.25, 0.3) is 0 Å². The van der Waals surface area contributed by atoms with Gasteiger partial charge in [-0.15, -0.1) is 0 Å². The molecular weight excluding hydrogens is 228 g/mol. The van der Waals surface area contributed by atoms with Crippen LogP contribution >= 0.6 is 0 Å². The van der Waals surface area contributed by atoms with Crippen LogP contribution in [0.3, 0.4) is 0 Å². The Bertz CT molecular complexity index is 462. The molecule has 0 aromatic carbocycles. The van der Waals surface area contributed by atoms with Gasteiger partial charge in [-0.2, -0.15) is 0 Å². The highest BCUT2D eigenvalue weighted by molar-refractivity contribution is 5.40. The van der Waals surface area contributed by atoms with E-state index in [2.05, 4.69) is 58.6 Å². The van der Waals surface area contributed by atoms with Crippen molar-refractivity contribution in [2.24, 2.45) is 5.41 Å². The third-order valence-electron chi connectivity index (χ3n) is 3.60. The van der Waals surface area contributed by atoms with Gasteiger partial charge in [-0.3, -0.25) is 0 Å². The molecule has 0 nitrogen and oxygen atoms in total. The van der Waals surface area contributed by atoms with Crippen molar-refractivity contribution in [2.75, 3.05) is 0 Å². The molecule has 0 saturated carbocycles. The predicted octanol–water partition coefficient (Wildman–Crippen LogP) is 5.92. The molecule has 1 aliphatic carbocycles. The number of allylic oxidation sites excluding steroid dienone is 11. The van der Waals surface area contributed by atoms with Crippen LogP contribution < -0.4 is 0 Å². The van der Waals surface area contributed by atoms with E-state index in [-0.39, 0.29) is 0 Å². The van der Waals surface area contributed by atoms with Crippen LogP contribution in [0.1, 0.15) is 40.5 Å². The molecule has 19 heavy (non-hydrogen) atoms. The highest BCUT2D eigenvalue weighted by atomic mass is 14.3. The van der Waals surface area contributed by atoms with E-state index in [0.717, 1.165) is 0 Å². The van der Waals surface area contributed by atoms with E-state index in [1.54, 1.807) is 6.08 Å². The second-order valence-electron chi connectivity index (χ2n) is 5.78. The summed E-state index contributed by atoms with van der Waals surface area (Å²) < 4.78 is 0. The van der Waals surface area contributed by atoms with Gasteiger partial charge in [0.15, 0.2) is 0 Å². The largest absolute Gasteiger partial charge is 0.0991 e. The molecule has 0 heteroatoms. The third kappa shape index (κ3) is 4.90. The highest BCUT2D eigenvalue weighted by Gasteiger charge is 2.26. The Labute approximate surface area is 118 Å². The first kappa shape index (κ1) is 15.5. The Kier molecular flexibility index (Phi) is 5.82. The van der Waals surface area contributed by atoms with Gasteiger partial charge >= 0.3 is 0 Å². The average Bonchev–Trinajstić information content (AvgIpc) is 2.33. The van der Waals surface area contributed by atoms with Gasteiger partial charge in [0.2, 0.25) is 0 Å². The van der Waals surface area contributed by atoms with E-state index >= 15 is 0 Å². The Morgan fingerprint density at radius 2 is 2.00 bits per heavy atom. The normalized spacial score (nSPS) is 22.2. The Morgan fingerprint density at radius 3 is 2.63 bits per heavy atom. The lowest BCUT2D eigenvalue weighted by Gasteiger charge is -2.32. The van der Waals surface area contributed by atoms with Gasteiger partial charge in [0, 0.05) is 0 Å². The maximum atomic E-state index is 3.65. The monoisotopic (exact) mass is 254 g/mol. The van der Waals surface area contributed by atoms with Crippen LogP contribution in [0.5, 0.6) is 0 Å². The smallest absolute Gasteiger partial charge is 0.00981 e. The van der Waals surface area contributed by atoms with Gasteiger partial charge in [-0.05, 0) is 37.7 Å². The minimum absolute atomic E-state index is 0.294. The fourth-order valence-corrected chi connectivity index (χ4v) is 2.41. The number of rotatable bonds is 4. The topological polar surface area (TPSA) is 0 Å². The lowest BCUT2D eigenvalue weighted by Crippen LogP contribution is -2.18. The summed E-state index contributed by atoms with van der Waals surface area (Å²) >= 11 is 0. The van der Waals surface area contributed by atoms with E-state index in [0.29, 0.717) is 5.41 Å². The van der Waals surface area contributed by atoms with E-state index < -0.39 is 0 Å². The van der Waals surface area contributed by atoms with Crippen molar-refractivity contribution in [3.8, 4) is 0 Å². The first-order valence-electron chi connectivity index (χ1n) is 6.99. The first-order chi connectivity index (χ1) is 8.97. The second-order valence-corrected chi connectivity index (χ2v) is 5.78. The lowest BCUT2D eigenvalue weighted by atomic mass is 9.73. The molecule has 0 spiro atoms. The summed E-state index contributed by atoms with van der Waals surface area (Å²) in [5.74, 6) is 0. The molecule has 0 bridgehead atoms. The third-order valence-corrected chi connectivity index (χ3v) is 3.60. The van der Waals surface area contributed by atoms with Crippen LogP contribution in [0.15, 0.2) is 71.9 Å². The molecule has 1 rings (SSSR count). The van der Waals surface area contributed by atoms with Gasteiger partial charge in [-0.25, -0.2) is 0 Å². The molecule has 1 aliphatic rings. The molecule has 0 aromatic rings. The molecule has 0 unspecified atom stereocenters. The second kappa shape index (κ2) is 7.13. The van der Waals surface area contributed by atoms with E-state index in [9.17, 15) is 0 Å². The predicted molar refractivity (Wildman–Crippen MR) is 87.1 cm³/mol. The van der Waals surface area contributed by atoms with Crippen molar-refractivity contribution < 1.29 is 0 Å². The standard InChI is InChI=1S/C19H26/c1-6-7-8-9-11-16(2)13-14-18-17(3)12-10-15-19(18,4)5/h6-9,11-14H,1,10,15H2,2-5H3/b8-7+,11-9+,16-13+,18-14+. The summed E-state index contributed by atoms with van der Waals surface area (Å²) in [7, 11) is 0. The molecule has 0 amide bonds. The van der Waals surface area contributed by atoms with Gasteiger partial charge in [0.1, 0.15) is 0 Å². The van der Waals surface area contributed by atoms with Crippen molar-refractivity contribution >= 4 is 0 Å². The number of hydrogen-bond donors (Lipinski definition) is 0. The van der Waals surface area contributed by atoms with Crippen LogP contribution in [0, 0.1) is 5.41 Å². The molecule has 0 aliphatic heterocycles. The van der Waals surface area contributed by atoms with Crippen molar-refractivity contribution in [3.05, 3.63) is 71.9 Å². The summed E-state index contributed by atoms with van der Waals surface area (Å²) in [6, 6.07) is 0. The van der Waals surface area contributed by atoms with E-state index in [4.69, 9.17) is 0 Å². The Balaban J connectivity index is 2.86. The summed E-state index contributed by atoms with van der Waals surface area (Å²) in [6.07, 6.45) is 19.1. The van der Waals surface area contributed by atoms with Gasteiger partial charge < -0.3 is 0 Å². The summed E-state index contributed by atoms with van der Waals surface area (Å²) in [4.78, 5) is 0. The van der Waals surface area contributed by atoms with Crippen molar-refractivity contribution in [2.45, 2.75) is 40.5 Å². The molecule has 0 aromatic heterocycles. The SMILES string of the molecule is C=C/C=C/C=C/C(C)=C/C=C1\C(C)=CCCC1(C)C. The average molecular weight is 254 g/mol. The zero-order valence-corrected chi connectivity index (χ0v) is 12.7. The minimum Gasteiger partial charge on any atom is -0.0991 e. The fraction of sp³-hybridized carbons (Fsp3) is 0.368. The van der Waals surface area contributed by atoms with Crippen molar-refractivity contribution in [3.63, 3.8) is 0 Å². The number of hydrogen-bond acceptors (Lipinski definition) is 0. The van der Waals surface area contributed by atoms with E-state index in [1.165, 1.54) is 29.6 Å². The van der Waals surface area contributed by atoms with Crippen LogP contribution in [-0.4, -0.2) is 0 Å². The van der Waals surface area contributed by atoms with Crippen LogP contribution in [0.2, 0.25) is 0 Å². The highest BCUT2D eigenvalue weighted by Crippen LogP contribution is 2.40. The maximum absolute atomic E-state index is 3.65. The molecule has 102 valence electrons. The summed E-state index contributed by atoms with van der Waals surface area (Å²) in [5, 5.41) is 0. The Morgan fingerprint density at radius 1 is 1.26 bits per heavy atom. The molecule has 0 fully saturated rings. The van der Waals surface area contributed by atoms with Gasteiger partial charge in [0.05, 0.1) is 0 Å². The van der Waals surface area contributed by atoms with Crippen molar-refractivity contribution in [1.29, 1.82) is 0 Å². The molecule has 0 radical (unpaired) electrons. The first-order valence-corrected chi connectivity index (χ1v) is 6.99. The maximum Gasteiger partial charge on any atom is -0.00981 e. The zero-order valence-electron chi connectivity index (χ0n) is 12.7. The quantitative estimate of drug-likeness (QED) is 0.546. The van der Waals surface area contributed by atoms with Crippen molar-refractivity contribution in [1.82, 2.24) is 0 Å². The summed E-state index contributed by atoms with van der Waals surface area (Å²) in [5.41, 5.74) is 4.45. The minimum atomic E-state index is 0.294. The molecule has 0 saturated heterocycles. The Hall–Kier alpha value is -1.56. The molecular formula is C19H26. The lowest BCUT2D eigenvalue weighted by molar-refractivity contribution is 0.404. The fourth-order valence-electron chi connectivity index (χ4n) is 2.41.